The number of methoxy groups -OCH3 is 1. The molecule has 2 amide bonds. The zero-order valence-corrected chi connectivity index (χ0v) is 16.9. The fraction of sp³-hybridized carbons (Fsp3) is 0.300. The molecular formula is C20H20ClN3O3S. The van der Waals surface area contributed by atoms with Gasteiger partial charge in [-0.05, 0) is 30.3 Å². The molecule has 0 radical (unpaired) electrons. The Labute approximate surface area is 172 Å². The van der Waals surface area contributed by atoms with Crippen molar-refractivity contribution in [2.75, 3.05) is 25.5 Å². The number of carbonyl (C=O) groups excluding carboxylic acids is 1. The summed E-state index contributed by atoms with van der Waals surface area (Å²) in [6.07, 6.45) is 1.57. The van der Waals surface area contributed by atoms with Gasteiger partial charge in [0.15, 0.2) is 0 Å². The molecule has 0 atom stereocenters. The molecule has 0 bridgehead atoms. The molecular weight excluding hydrogens is 398 g/mol. The van der Waals surface area contributed by atoms with Crippen molar-refractivity contribution in [3.8, 4) is 10.9 Å². The minimum Gasteiger partial charge on any atom is -0.497 e. The highest BCUT2D eigenvalue weighted by atomic mass is 35.5. The largest absolute Gasteiger partial charge is 0.497 e. The fourth-order valence-corrected chi connectivity index (χ4v) is 4.23. The minimum atomic E-state index is -0.140. The molecule has 3 aromatic rings. The number of anilines is 1. The van der Waals surface area contributed by atoms with Crippen LogP contribution >= 0.6 is 22.9 Å². The number of piperidine rings is 1. The van der Waals surface area contributed by atoms with E-state index in [-0.39, 0.29) is 12.1 Å². The number of nitrogens with one attached hydrogen (secondary N) is 1. The van der Waals surface area contributed by atoms with Crippen molar-refractivity contribution in [3.63, 3.8) is 0 Å². The molecule has 8 heteroatoms. The number of halogens is 1. The second-order valence-electron chi connectivity index (χ2n) is 6.53. The topological polar surface area (TPSA) is 63.7 Å². The van der Waals surface area contributed by atoms with E-state index in [1.165, 1.54) is 11.3 Å². The van der Waals surface area contributed by atoms with Crippen molar-refractivity contribution in [1.82, 2.24) is 9.88 Å². The Balaban J connectivity index is 1.33. The summed E-state index contributed by atoms with van der Waals surface area (Å²) in [6.45, 7) is 1.25. The summed E-state index contributed by atoms with van der Waals surface area (Å²) in [5.74, 6) is 0.806. The van der Waals surface area contributed by atoms with Crippen molar-refractivity contribution in [1.29, 1.82) is 0 Å². The first-order valence-electron chi connectivity index (χ1n) is 9.04. The summed E-state index contributed by atoms with van der Waals surface area (Å²) in [7, 11) is 1.65. The highest BCUT2D eigenvalue weighted by Gasteiger charge is 2.25. The van der Waals surface area contributed by atoms with Gasteiger partial charge in [-0.1, -0.05) is 35.1 Å². The highest BCUT2D eigenvalue weighted by molar-refractivity contribution is 7.20. The molecule has 6 nitrogen and oxygen atoms in total. The standard InChI is InChI=1S/C20H20ClN3O3S/c1-26-14-6-7-17-18(12-14)28-20(23-17)27-13-8-10-24(11-9-13)19(25)22-16-5-3-2-4-15(16)21/h2-7,12-13H,8-11H2,1H3,(H,22,25). The van der Waals surface area contributed by atoms with Gasteiger partial charge in [-0.15, -0.1) is 0 Å². The zero-order valence-electron chi connectivity index (χ0n) is 15.4. The van der Waals surface area contributed by atoms with E-state index in [2.05, 4.69) is 10.3 Å². The lowest BCUT2D eigenvalue weighted by Gasteiger charge is -2.31. The lowest BCUT2D eigenvalue weighted by Crippen LogP contribution is -2.43. The van der Waals surface area contributed by atoms with Gasteiger partial charge in [-0.2, -0.15) is 0 Å². The third-order valence-electron chi connectivity index (χ3n) is 4.69. The molecule has 1 fully saturated rings. The zero-order chi connectivity index (χ0) is 19.5. The summed E-state index contributed by atoms with van der Waals surface area (Å²) in [5.41, 5.74) is 1.52. The van der Waals surface area contributed by atoms with E-state index >= 15 is 0 Å². The molecule has 0 saturated carbocycles. The fourth-order valence-electron chi connectivity index (χ4n) is 3.14. The monoisotopic (exact) mass is 417 g/mol. The second-order valence-corrected chi connectivity index (χ2v) is 7.93. The van der Waals surface area contributed by atoms with Crippen molar-refractivity contribution in [2.45, 2.75) is 18.9 Å². The number of ether oxygens (including phenoxy) is 2. The Kier molecular flexibility index (Phi) is 5.54. The number of thiazole rings is 1. The van der Waals surface area contributed by atoms with Crippen LogP contribution in [0, 0.1) is 0 Å². The average molecular weight is 418 g/mol. The molecule has 4 rings (SSSR count). The molecule has 2 heterocycles. The number of carbonyl (C=O) groups is 1. The molecule has 1 saturated heterocycles. The number of likely N-dealkylation sites (tertiary alicyclic amines) is 1. The smallest absolute Gasteiger partial charge is 0.321 e. The van der Waals surface area contributed by atoms with Crippen LogP contribution in [0.1, 0.15) is 12.8 Å². The number of para-hydroxylation sites is 1. The van der Waals surface area contributed by atoms with E-state index in [0.29, 0.717) is 29.0 Å². The SMILES string of the molecule is COc1ccc2nc(OC3CCN(C(=O)Nc4ccccc4Cl)CC3)sc2c1. The van der Waals surface area contributed by atoms with Gasteiger partial charge in [0.25, 0.3) is 5.19 Å². The highest BCUT2D eigenvalue weighted by Crippen LogP contribution is 2.32. The van der Waals surface area contributed by atoms with Crippen LogP contribution in [0.25, 0.3) is 10.2 Å². The Morgan fingerprint density at radius 1 is 1.25 bits per heavy atom. The van der Waals surface area contributed by atoms with E-state index in [1.807, 2.05) is 30.3 Å². The van der Waals surface area contributed by atoms with Gasteiger partial charge < -0.3 is 19.7 Å². The third-order valence-corrected chi connectivity index (χ3v) is 5.93. The number of urea groups is 1. The quantitative estimate of drug-likeness (QED) is 0.646. The van der Waals surface area contributed by atoms with E-state index in [4.69, 9.17) is 21.1 Å². The number of benzene rings is 2. The van der Waals surface area contributed by atoms with Crippen LogP contribution in [-0.2, 0) is 0 Å². The van der Waals surface area contributed by atoms with Crippen LogP contribution in [0.3, 0.4) is 0 Å². The number of amides is 2. The van der Waals surface area contributed by atoms with Crippen LogP contribution in [0.4, 0.5) is 10.5 Å². The normalized spacial score (nSPS) is 14.9. The Morgan fingerprint density at radius 2 is 2.04 bits per heavy atom. The molecule has 0 spiro atoms. The molecule has 146 valence electrons. The maximum absolute atomic E-state index is 12.5. The van der Waals surface area contributed by atoms with Crippen molar-refractivity contribution in [3.05, 3.63) is 47.5 Å². The van der Waals surface area contributed by atoms with Crippen molar-refractivity contribution >= 4 is 44.9 Å². The molecule has 28 heavy (non-hydrogen) atoms. The number of fused-ring (bicyclic) bond motifs is 1. The van der Waals surface area contributed by atoms with Crippen LogP contribution < -0.4 is 14.8 Å². The number of hydrogen-bond donors (Lipinski definition) is 1. The molecule has 1 aliphatic rings. The van der Waals surface area contributed by atoms with Gasteiger partial charge in [-0.25, -0.2) is 9.78 Å². The summed E-state index contributed by atoms with van der Waals surface area (Å²) in [4.78, 5) is 18.8. The summed E-state index contributed by atoms with van der Waals surface area (Å²) < 4.78 is 12.4. The van der Waals surface area contributed by atoms with Gasteiger partial charge in [0, 0.05) is 25.9 Å². The van der Waals surface area contributed by atoms with Crippen molar-refractivity contribution in [2.24, 2.45) is 0 Å². The van der Waals surface area contributed by atoms with Crippen LogP contribution in [0.5, 0.6) is 10.9 Å². The molecule has 1 N–H and O–H groups in total. The molecule has 2 aromatic carbocycles. The molecule has 0 aliphatic carbocycles. The lowest BCUT2D eigenvalue weighted by molar-refractivity contribution is 0.115. The first-order chi connectivity index (χ1) is 13.6. The second kappa shape index (κ2) is 8.24. The van der Waals surface area contributed by atoms with E-state index in [1.54, 1.807) is 24.1 Å². The predicted octanol–water partition coefficient (Wildman–Crippen LogP) is 5.03. The van der Waals surface area contributed by atoms with E-state index in [9.17, 15) is 4.79 Å². The molecule has 0 unspecified atom stereocenters. The number of aromatic nitrogens is 1. The first kappa shape index (κ1) is 18.8. The lowest BCUT2D eigenvalue weighted by atomic mass is 10.1. The third kappa shape index (κ3) is 4.15. The van der Waals surface area contributed by atoms with Gasteiger partial charge in [0.2, 0.25) is 0 Å². The van der Waals surface area contributed by atoms with E-state index < -0.39 is 0 Å². The van der Waals surface area contributed by atoms with Gasteiger partial charge >= 0.3 is 6.03 Å². The predicted molar refractivity (Wildman–Crippen MR) is 112 cm³/mol. The number of nitrogens with zero attached hydrogens (tertiary/aromatic N) is 2. The van der Waals surface area contributed by atoms with E-state index in [0.717, 1.165) is 28.8 Å². The molecule has 1 aromatic heterocycles. The average Bonchev–Trinajstić information content (AvgIpc) is 3.11. The van der Waals surface area contributed by atoms with Crippen LogP contribution in [0.15, 0.2) is 42.5 Å². The number of rotatable bonds is 4. The Bertz CT molecular complexity index is 986. The van der Waals surface area contributed by atoms with Gasteiger partial charge in [0.1, 0.15) is 11.9 Å². The Morgan fingerprint density at radius 3 is 2.79 bits per heavy atom. The van der Waals surface area contributed by atoms with Crippen LogP contribution in [-0.4, -0.2) is 42.2 Å². The first-order valence-corrected chi connectivity index (χ1v) is 10.2. The minimum absolute atomic E-state index is 0.0480. The maximum Gasteiger partial charge on any atom is 0.321 e. The number of hydrogen-bond acceptors (Lipinski definition) is 5. The van der Waals surface area contributed by atoms with Gasteiger partial charge in [-0.3, -0.25) is 0 Å². The van der Waals surface area contributed by atoms with Crippen LogP contribution in [0.2, 0.25) is 5.02 Å². The summed E-state index contributed by atoms with van der Waals surface area (Å²) >= 11 is 7.62. The maximum atomic E-state index is 12.5. The van der Waals surface area contributed by atoms with Crippen molar-refractivity contribution < 1.29 is 14.3 Å². The Hall–Kier alpha value is -2.51. The summed E-state index contributed by atoms with van der Waals surface area (Å²) in [5, 5.41) is 4.05. The summed E-state index contributed by atoms with van der Waals surface area (Å²) in [6, 6.07) is 12.9. The van der Waals surface area contributed by atoms with Gasteiger partial charge in [0.05, 0.1) is 28.0 Å². The molecule has 1 aliphatic heterocycles.